The lowest BCUT2D eigenvalue weighted by Crippen LogP contribution is -2.50. The largest absolute Gasteiger partial charge is 0.480 e. The fourth-order valence-corrected chi connectivity index (χ4v) is 1.42. The third-order valence-electron chi connectivity index (χ3n) is 2.67. The molecule has 0 aliphatic rings. The molecule has 0 aromatic rings. The van der Waals surface area contributed by atoms with E-state index in [1.165, 1.54) is 9.80 Å². The van der Waals surface area contributed by atoms with Crippen molar-refractivity contribution in [3.63, 3.8) is 0 Å². The second kappa shape index (κ2) is 8.34. The molecule has 0 heterocycles. The van der Waals surface area contributed by atoms with Gasteiger partial charge in [-0.05, 0) is 13.3 Å². The first-order chi connectivity index (χ1) is 8.83. The van der Waals surface area contributed by atoms with Crippen LogP contribution < -0.4 is 5.32 Å². The third-order valence-corrected chi connectivity index (χ3v) is 2.67. The van der Waals surface area contributed by atoms with Crippen molar-refractivity contribution in [3.05, 3.63) is 0 Å². The molecule has 19 heavy (non-hydrogen) atoms. The van der Waals surface area contributed by atoms with Crippen molar-refractivity contribution in [3.8, 4) is 0 Å². The summed E-state index contributed by atoms with van der Waals surface area (Å²) in [5.74, 6) is -1.27. The summed E-state index contributed by atoms with van der Waals surface area (Å²) in [6, 6.07) is -1.44. The van der Waals surface area contributed by atoms with Crippen molar-refractivity contribution >= 4 is 17.9 Å². The van der Waals surface area contributed by atoms with Crippen molar-refractivity contribution in [1.29, 1.82) is 0 Å². The van der Waals surface area contributed by atoms with Gasteiger partial charge in [-0.15, -0.1) is 0 Å². The van der Waals surface area contributed by atoms with Gasteiger partial charge in [0.05, 0.1) is 0 Å². The summed E-state index contributed by atoms with van der Waals surface area (Å²) < 4.78 is 0. The number of carboxylic acids is 1. The summed E-state index contributed by atoms with van der Waals surface area (Å²) in [5.41, 5.74) is 0. The second-order valence-electron chi connectivity index (χ2n) is 4.43. The number of nitrogens with one attached hydrogen (secondary N) is 1. The molecule has 0 bridgehead atoms. The molecule has 0 rings (SSSR count). The standard InChI is InChI=1S/C12H23N3O4/c1-5-7-9(11(17)18)13-12(19)15(6-2)8-10(16)14(3)4/h9H,5-8H2,1-4H3,(H,13,19)(H,17,18). The van der Waals surface area contributed by atoms with Gasteiger partial charge in [-0.2, -0.15) is 0 Å². The Hall–Kier alpha value is -1.79. The normalized spacial score (nSPS) is 11.6. The number of rotatable bonds is 7. The minimum absolute atomic E-state index is 0.0617. The van der Waals surface area contributed by atoms with E-state index in [4.69, 9.17) is 5.11 Å². The average Bonchev–Trinajstić information content (AvgIpc) is 2.34. The first kappa shape index (κ1) is 17.2. The highest BCUT2D eigenvalue weighted by Gasteiger charge is 2.23. The van der Waals surface area contributed by atoms with Crippen LogP contribution in [0.1, 0.15) is 26.7 Å². The fourth-order valence-electron chi connectivity index (χ4n) is 1.42. The summed E-state index contributed by atoms with van der Waals surface area (Å²) in [6.07, 6.45) is 1.01. The van der Waals surface area contributed by atoms with Crippen molar-refractivity contribution in [2.75, 3.05) is 27.2 Å². The Balaban J connectivity index is 4.57. The lowest BCUT2D eigenvalue weighted by atomic mass is 10.2. The molecule has 0 radical (unpaired) electrons. The number of likely N-dealkylation sites (N-methyl/N-ethyl adjacent to an activating group) is 2. The van der Waals surface area contributed by atoms with Crippen LogP contribution in [0.15, 0.2) is 0 Å². The van der Waals surface area contributed by atoms with E-state index in [9.17, 15) is 14.4 Å². The minimum atomic E-state index is -1.06. The van der Waals surface area contributed by atoms with Gasteiger partial charge in [0.25, 0.3) is 0 Å². The molecule has 0 aromatic heterocycles. The van der Waals surface area contributed by atoms with E-state index >= 15 is 0 Å². The maximum absolute atomic E-state index is 11.9. The summed E-state index contributed by atoms with van der Waals surface area (Å²) in [7, 11) is 3.20. The van der Waals surface area contributed by atoms with Crippen molar-refractivity contribution in [2.45, 2.75) is 32.7 Å². The number of carboxylic acid groups (broad SMARTS) is 1. The number of carbonyl (C=O) groups is 3. The Kier molecular flexibility index (Phi) is 7.55. The molecule has 7 heteroatoms. The number of aliphatic carboxylic acids is 1. The molecule has 0 saturated heterocycles. The predicted octanol–water partition coefficient (Wildman–Crippen LogP) is 0.359. The van der Waals surface area contributed by atoms with Crippen LogP contribution in [0.5, 0.6) is 0 Å². The first-order valence-electron chi connectivity index (χ1n) is 6.31. The number of amides is 3. The smallest absolute Gasteiger partial charge is 0.326 e. The van der Waals surface area contributed by atoms with Crippen LogP contribution in [0.25, 0.3) is 0 Å². The molecule has 7 nitrogen and oxygen atoms in total. The molecule has 0 spiro atoms. The van der Waals surface area contributed by atoms with Crippen molar-refractivity contribution in [2.24, 2.45) is 0 Å². The van der Waals surface area contributed by atoms with Gasteiger partial charge in [0, 0.05) is 20.6 Å². The maximum atomic E-state index is 11.9. The highest BCUT2D eigenvalue weighted by molar-refractivity contribution is 5.86. The lowest BCUT2D eigenvalue weighted by Gasteiger charge is -2.24. The Morgan fingerprint density at radius 2 is 1.79 bits per heavy atom. The summed E-state index contributed by atoms with van der Waals surface area (Å²) >= 11 is 0. The number of hydrogen-bond acceptors (Lipinski definition) is 3. The summed E-state index contributed by atoms with van der Waals surface area (Å²) in [6.45, 7) is 3.85. The molecular formula is C12H23N3O4. The van der Waals surface area contributed by atoms with Crippen molar-refractivity contribution in [1.82, 2.24) is 15.1 Å². The Morgan fingerprint density at radius 1 is 1.21 bits per heavy atom. The van der Waals surface area contributed by atoms with E-state index < -0.39 is 18.0 Å². The average molecular weight is 273 g/mol. The van der Waals surface area contributed by atoms with E-state index in [2.05, 4.69) is 5.32 Å². The maximum Gasteiger partial charge on any atom is 0.326 e. The fraction of sp³-hybridized carbons (Fsp3) is 0.750. The van der Waals surface area contributed by atoms with E-state index in [1.807, 2.05) is 6.92 Å². The van der Waals surface area contributed by atoms with Gasteiger partial charge in [0.2, 0.25) is 5.91 Å². The molecule has 110 valence electrons. The monoisotopic (exact) mass is 273 g/mol. The Labute approximate surface area is 113 Å². The zero-order valence-corrected chi connectivity index (χ0v) is 12.0. The quantitative estimate of drug-likeness (QED) is 0.700. The molecule has 0 saturated carbocycles. The predicted molar refractivity (Wildman–Crippen MR) is 70.8 cm³/mol. The van der Waals surface area contributed by atoms with Crippen LogP contribution in [0, 0.1) is 0 Å². The molecule has 0 aliphatic carbocycles. The van der Waals surface area contributed by atoms with Gasteiger partial charge in [-0.25, -0.2) is 9.59 Å². The highest BCUT2D eigenvalue weighted by Crippen LogP contribution is 1.99. The number of urea groups is 1. The van der Waals surface area contributed by atoms with Gasteiger partial charge < -0.3 is 20.2 Å². The SMILES string of the molecule is CCCC(NC(=O)N(CC)CC(=O)N(C)C)C(=O)O. The highest BCUT2D eigenvalue weighted by atomic mass is 16.4. The molecule has 0 aromatic carbocycles. The zero-order chi connectivity index (χ0) is 15.0. The van der Waals surface area contributed by atoms with Crippen LogP contribution in [0.3, 0.4) is 0 Å². The number of hydrogen-bond donors (Lipinski definition) is 2. The van der Waals surface area contributed by atoms with Crippen LogP contribution in [0.2, 0.25) is 0 Å². The minimum Gasteiger partial charge on any atom is -0.480 e. The molecule has 1 atom stereocenters. The van der Waals surface area contributed by atoms with Gasteiger partial charge in [-0.3, -0.25) is 4.79 Å². The first-order valence-corrected chi connectivity index (χ1v) is 6.31. The van der Waals surface area contributed by atoms with Gasteiger partial charge in [0.1, 0.15) is 12.6 Å². The molecule has 1 unspecified atom stereocenters. The molecule has 3 amide bonds. The molecule has 0 aliphatic heterocycles. The van der Waals surface area contributed by atoms with Gasteiger partial charge >= 0.3 is 12.0 Å². The van der Waals surface area contributed by atoms with Crippen molar-refractivity contribution < 1.29 is 19.5 Å². The van der Waals surface area contributed by atoms with Gasteiger partial charge in [0.15, 0.2) is 0 Å². The van der Waals surface area contributed by atoms with E-state index in [-0.39, 0.29) is 12.5 Å². The van der Waals surface area contributed by atoms with Crippen LogP contribution in [-0.4, -0.2) is 66.0 Å². The number of nitrogens with zero attached hydrogens (tertiary/aromatic N) is 2. The van der Waals surface area contributed by atoms with Crippen LogP contribution in [0.4, 0.5) is 4.79 Å². The van der Waals surface area contributed by atoms with Crippen LogP contribution >= 0.6 is 0 Å². The second-order valence-corrected chi connectivity index (χ2v) is 4.43. The molecule has 0 fully saturated rings. The molecule has 2 N–H and O–H groups in total. The zero-order valence-electron chi connectivity index (χ0n) is 12.0. The Bertz CT molecular complexity index is 331. The van der Waals surface area contributed by atoms with E-state index in [1.54, 1.807) is 21.0 Å². The van der Waals surface area contributed by atoms with E-state index in [0.29, 0.717) is 19.4 Å². The topological polar surface area (TPSA) is 90.0 Å². The van der Waals surface area contributed by atoms with Gasteiger partial charge in [-0.1, -0.05) is 13.3 Å². The molecular weight excluding hydrogens is 250 g/mol. The van der Waals surface area contributed by atoms with Crippen LogP contribution in [-0.2, 0) is 9.59 Å². The number of carbonyl (C=O) groups excluding carboxylic acids is 2. The lowest BCUT2D eigenvalue weighted by molar-refractivity contribution is -0.139. The third kappa shape index (κ3) is 6.08. The van der Waals surface area contributed by atoms with E-state index in [0.717, 1.165) is 0 Å². The summed E-state index contributed by atoms with van der Waals surface area (Å²) in [5, 5.41) is 11.4. The summed E-state index contributed by atoms with van der Waals surface area (Å²) in [4.78, 5) is 37.1. The Morgan fingerprint density at radius 3 is 2.16 bits per heavy atom.